The number of carbonyl (C=O) groups is 2. The van der Waals surface area contributed by atoms with E-state index in [1.54, 1.807) is 36.6 Å². The van der Waals surface area contributed by atoms with E-state index in [9.17, 15) is 14.4 Å². The fourth-order valence-electron chi connectivity index (χ4n) is 1.94. The van der Waals surface area contributed by atoms with E-state index in [2.05, 4.69) is 10.9 Å². The first-order valence-electron chi connectivity index (χ1n) is 7.58. The van der Waals surface area contributed by atoms with Gasteiger partial charge in [-0.05, 0) is 26.0 Å². The van der Waals surface area contributed by atoms with Crippen molar-refractivity contribution in [3.05, 3.63) is 45.0 Å². The molecule has 134 valence electrons. The third-order valence-electron chi connectivity index (χ3n) is 3.13. The quantitative estimate of drug-likeness (QED) is 0.709. The summed E-state index contributed by atoms with van der Waals surface area (Å²) in [6.45, 7) is 3.60. The minimum atomic E-state index is -0.533. The summed E-state index contributed by atoms with van der Waals surface area (Å²) in [5.74, 6) is -0.0684. The number of para-hydroxylation sites is 2. The zero-order valence-electron chi connectivity index (χ0n) is 13.9. The Labute approximate surface area is 148 Å². The topological polar surface area (TPSA) is 98.7 Å². The summed E-state index contributed by atoms with van der Waals surface area (Å²) in [6, 6.07) is 6.98. The summed E-state index contributed by atoms with van der Waals surface area (Å²) in [5.41, 5.74) is 5.17. The molecule has 0 aliphatic rings. The summed E-state index contributed by atoms with van der Waals surface area (Å²) >= 11 is 1.02. The van der Waals surface area contributed by atoms with E-state index >= 15 is 0 Å². The normalized spacial score (nSPS) is 10.2. The SMILES string of the molecule is CCOc1ccccc1OCC(=O)NNC(=O)Cn1c(C)csc1=O. The lowest BCUT2D eigenvalue weighted by Gasteiger charge is -2.12. The summed E-state index contributed by atoms with van der Waals surface area (Å²) in [6.07, 6.45) is 0. The lowest BCUT2D eigenvalue weighted by Crippen LogP contribution is -2.45. The number of benzene rings is 1. The molecule has 0 spiro atoms. The molecule has 0 aliphatic carbocycles. The molecule has 0 atom stereocenters. The van der Waals surface area contributed by atoms with Crippen molar-refractivity contribution < 1.29 is 19.1 Å². The van der Waals surface area contributed by atoms with Gasteiger partial charge in [-0.15, -0.1) is 0 Å². The number of ether oxygens (including phenoxy) is 2. The van der Waals surface area contributed by atoms with Crippen LogP contribution in [0, 0.1) is 6.92 Å². The first-order chi connectivity index (χ1) is 12.0. The second-order valence-corrected chi connectivity index (χ2v) is 5.81. The van der Waals surface area contributed by atoms with E-state index in [-0.39, 0.29) is 18.0 Å². The van der Waals surface area contributed by atoms with Crippen molar-refractivity contribution in [3.63, 3.8) is 0 Å². The maximum Gasteiger partial charge on any atom is 0.307 e. The van der Waals surface area contributed by atoms with Crippen LogP contribution in [0.3, 0.4) is 0 Å². The predicted molar refractivity (Wildman–Crippen MR) is 92.7 cm³/mol. The molecule has 0 aliphatic heterocycles. The minimum absolute atomic E-state index is 0.164. The van der Waals surface area contributed by atoms with Crippen LogP contribution in [0.15, 0.2) is 34.4 Å². The third-order valence-corrected chi connectivity index (χ3v) is 4.01. The minimum Gasteiger partial charge on any atom is -0.490 e. The number of rotatable bonds is 7. The monoisotopic (exact) mass is 365 g/mol. The third kappa shape index (κ3) is 5.35. The van der Waals surface area contributed by atoms with Crippen molar-refractivity contribution >= 4 is 23.2 Å². The standard InChI is InChI=1S/C16H19N3O5S/c1-3-23-12-6-4-5-7-13(12)24-9-15(21)18-17-14(20)8-19-11(2)10-25-16(19)22/h4-7,10H,3,8-9H2,1-2H3,(H,17,20)(H,18,21). The molecule has 0 unspecified atom stereocenters. The van der Waals surface area contributed by atoms with Crippen LogP contribution in [0.2, 0.25) is 0 Å². The maximum absolute atomic E-state index is 11.8. The van der Waals surface area contributed by atoms with Crippen molar-refractivity contribution in [1.82, 2.24) is 15.4 Å². The molecule has 1 aromatic heterocycles. The number of amides is 2. The van der Waals surface area contributed by atoms with Gasteiger partial charge in [-0.25, -0.2) is 0 Å². The summed E-state index contributed by atoms with van der Waals surface area (Å²) < 4.78 is 12.1. The summed E-state index contributed by atoms with van der Waals surface area (Å²) in [5, 5.41) is 1.66. The Morgan fingerprint density at radius 2 is 1.76 bits per heavy atom. The zero-order valence-corrected chi connectivity index (χ0v) is 14.7. The number of hydrogen-bond acceptors (Lipinski definition) is 6. The molecular weight excluding hydrogens is 346 g/mol. The highest BCUT2D eigenvalue weighted by Gasteiger charge is 2.11. The van der Waals surface area contributed by atoms with Crippen molar-refractivity contribution in [1.29, 1.82) is 0 Å². The van der Waals surface area contributed by atoms with Gasteiger partial charge in [0.2, 0.25) is 0 Å². The number of hydrogen-bond donors (Lipinski definition) is 2. The van der Waals surface area contributed by atoms with Gasteiger partial charge in [0.25, 0.3) is 11.8 Å². The van der Waals surface area contributed by atoms with E-state index in [0.717, 1.165) is 11.3 Å². The highest BCUT2D eigenvalue weighted by molar-refractivity contribution is 7.07. The molecule has 0 bridgehead atoms. The Morgan fingerprint density at radius 3 is 2.36 bits per heavy atom. The van der Waals surface area contributed by atoms with Crippen LogP contribution in [0.5, 0.6) is 11.5 Å². The molecule has 8 nitrogen and oxygen atoms in total. The van der Waals surface area contributed by atoms with Crippen molar-refractivity contribution in [2.45, 2.75) is 20.4 Å². The lowest BCUT2D eigenvalue weighted by molar-refractivity contribution is -0.130. The van der Waals surface area contributed by atoms with Crippen LogP contribution in [-0.4, -0.2) is 29.6 Å². The van der Waals surface area contributed by atoms with Gasteiger partial charge in [0.05, 0.1) is 6.61 Å². The average Bonchev–Trinajstić information content (AvgIpc) is 2.91. The van der Waals surface area contributed by atoms with E-state index < -0.39 is 11.8 Å². The largest absolute Gasteiger partial charge is 0.490 e. The molecular formula is C16H19N3O5S. The second-order valence-electron chi connectivity index (χ2n) is 4.99. The maximum atomic E-state index is 11.8. The van der Waals surface area contributed by atoms with Gasteiger partial charge in [0.1, 0.15) is 6.54 Å². The average molecular weight is 365 g/mol. The number of hydrazine groups is 1. The molecule has 0 radical (unpaired) electrons. The van der Waals surface area contributed by atoms with Crippen molar-refractivity contribution in [3.8, 4) is 11.5 Å². The van der Waals surface area contributed by atoms with Gasteiger partial charge in [-0.2, -0.15) is 0 Å². The number of thiazole rings is 1. The molecule has 0 saturated carbocycles. The highest BCUT2D eigenvalue weighted by atomic mass is 32.1. The molecule has 2 amide bonds. The number of nitrogens with zero attached hydrogens (tertiary/aromatic N) is 1. The van der Waals surface area contributed by atoms with Gasteiger partial charge in [0.15, 0.2) is 18.1 Å². The van der Waals surface area contributed by atoms with Crippen LogP contribution in [0.25, 0.3) is 0 Å². The van der Waals surface area contributed by atoms with Crippen LogP contribution in [0.4, 0.5) is 0 Å². The van der Waals surface area contributed by atoms with Gasteiger partial charge < -0.3 is 9.47 Å². The first kappa shape index (κ1) is 18.5. The summed E-state index contributed by atoms with van der Waals surface area (Å²) in [4.78, 5) is 34.9. The Kier molecular flexibility index (Phi) is 6.58. The Hall–Kier alpha value is -2.81. The summed E-state index contributed by atoms with van der Waals surface area (Å²) in [7, 11) is 0. The molecule has 0 saturated heterocycles. The smallest absolute Gasteiger partial charge is 0.307 e. The molecule has 2 aromatic rings. The Bertz CT molecular complexity index is 799. The second kappa shape index (κ2) is 8.88. The number of aryl methyl sites for hydroxylation is 1. The van der Waals surface area contributed by atoms with Gasteiger partial charge in [-0.3, -0.25) is 29.8 Å². The predicted octanol–water partition coefficient (Wildman–Crippen LogP) is 0.843. The number of carbonyl (C=O) groups excluding carboxylic acids is 2. The van der Waals surface area contributed by atoms with Crippen molar-refractivity contribution in [2.75, 3.05) is 13.2 Å². The number of aromatic nitrogens is 1. The van der Waals surface area contributed by atoms with Crippen LogP contribution < -0.4 is 25.2 Å². The molecule has 2 rings (SSSR count). The molecule has 9 heteroatoms. The van der Waals surface area contributed by atoms with E-state index in [1.807, 2.05) is 6.92 Å². The molecule has 0 fully saturated rings. The van der Waals surface area contributed by atoms with E-state index in [0.29, 0.717) is 23.8 Å². The number of nitrogens with one attached hydrogen (secondary N) is 2. The van der Waals surface area contributed by atoms with Crippen LogP contribution >= 0.6 is 11.3 Å². The van der Waals surface area contributed by atoms with Crippen LogP contribution in [-0.2, 0) is 16.1 Å². The van der Waals surface area contributed by atoms with Gasteiger partial charge in [-0.1, -0.05) is 23.5 Å². The van der Waals surface area contributed by atoms with Gasteiger partial charge >= 0.3 is 4.87 Å². The molecule has 1 heterocycles. The zero-order chi connectivity index (χ0) is 18.2. The fourth-order valence-corrected chi connectivity index (χ4v) is 2.68. The first-order valence-corrected chi connectivity index (χ1v) is 8.46. The van der Waals surface area contributed by atoms with E-state index in [4.69, 9.17) is 9.47 Å². The molecule has 2 N–H and O–H groups in total. The molecule has 25 heavy (non-hydrogen) atoms. The Morgan fingerprint density at radius 1 is 1.12 bits per heavy atom. The molecule has 1 aromatic carbocycles. The lowest BCUT2D eigenvalue weighted by atomic mass is 10.3. The van der Waals surface area contributed by atoms with E-state index in [1.165, 1.54) is 4.57 Å². The highest BCUT2D eigenvalue weighted by Crippen LogP contribution is 2.26. The van der Waals surface area contributed by atoms with Gasteiger partial charge in [0, 0.05) is 11.1 Å². The fraction of sp³-hybridized carbons (Fsp3) is 0.312. The Balaban J connectivity index is 1.79. The van der Waals surface area contributed by atoms with Crippen LogP contribution in [0.1, 0.15) is 12.6 Å². The van der Waals surface area contributed by atoms with Crippen molar-refractivity contribution in [2.24, 2.45) is 0 Å².